The molecule has 0 aromatic heterocycles. The lowest BCUT2D eigenvalue weighted by Crippen LogP contribution is -2.15. The molecule has 0 spiro atoms. The van der Waals surface area contributed by atoms with Crippen molar-refractivity contribution in [3.63, 3.8) is 0 Å². The highest BCUT2D eigenvalue weighted by atomic mass is 19.1. The minimum Gasteiger partial charge on any atom is -0.493 e. The Morgan fingerprint density at radius 1 is 1.54 bits per heavy atom. The maximum absolute atomic E-state index is 13.4. The fraction of sp³-hybridized carbons (Fsp3) is 0.333. The molecule has 70 valence electrons. The number of hydrogen-bond acceptors (Lipinski definition) is 2. The highest BCUT2D eigenvalue weighted by Crippen LogP contribution is 2.24. The van der Waals surface area contributed by atoms with Gasteiger partial charge in [0.1, 0.15) is 7.85 Å². The summed E-state index contributed by atoms with van der Waals surface area (Å²) in [5, 5.41) is 0. The second kappa shape index (κ2) is 3.79. The summed E-state index contributed by atoms with van der Waals surface area (Å²) in [6, 6.07) is 3.28. The van der Waals surface area contributed by atoms with Crippen LogP contribution in [-0.4, -0.2) is 15.0 Å². The van der Waals surface area contributed by atoms with Crippen molar-refractivity contribution in [3.05, 3.63) is 23.5 Å². The van der Waals surface area contributed by atoms with E-state index in [2.05, 4.69) is 0 Å². The Labute approximate surface area is 78.3 Å². The molecule has 4 heteroatoms. The highest BCUT2D eigenvalue weighted by molar-refractivity contribution is 6.32. The number of benzene rings is 1. The van der Waals surface area contributed by atoms with E-state index >= 15 is 0 Å². The monoisotopic (exact) mass is 181 g/mol. The summed E-state index contributed by atoms with van der Waals surface area (Å²) in [6.45, 7) is 1.80. The molecule has 1 unspecified atom stereocenters. The van der Waals surface area contributed by atoms with Crippen molar-refractivity contribution < 1.29 is 9.13 Å². The van der Waals surface area contributed by atoms with Gasteiger partial charge in [0.05, 0.1) is 7.11 Å². The molecule has 0 heterocycles. The Hall–Kier alpha value is -1.03. The third kappa shape index (κ3) is 1.83. The van der Waals surface area contributed by atoms with Crippen molar-refractivity contribution in [2.24, 2.45) is 5.73 Å². The predicted molar refractivity (Wildman–Crippen MR) is 53.7 cm³/mol. The average molecular weight is 181 g/mol. The van der Waals surface area contributed by atoms with Crippen LogP contribution in [0.15, 0.2) is 12.1 Å². The van der Waals surface area contributed by atoms with E-state index in [1.165, 1.54) is 7.11 Å². The molecule has 0 radical (unpaired) electrons. The van der Waals surface area contributed by atoms with Gasteiger partial charge in [-0.25, -0.2) is 4.39 Å². The standard InChI is InChI=1S/C9H13BFNO/c1-5(12)6-3-4-7(10)8(11)9(6)13-2/h3-5H,10,12H2,1-2H3. The third-order valence-corrected chi connectivity index (χ3v) is 2.02. The number of ether oxygens (including phenoxy) is 1. The molecule has 1 atom stereocenters. The zero-order valence-corrected chi connectivity index (χ0v) is 8.10. The normalized spacial score (nSPS) is 12.6. The largest absolute Gasteiger partial charge is 0.493 e. The van der Waals surface area contributed by atoms with E-state index in [4.69, 9.17) is 10.5 Å². The number of halogens is 1. The lowest BCUT2D eigenvalue weighted by Gasteiger charge is -2.13. The van der Waals surface area contributed by atoms with Crippen LogP contribution in [0.2, 0.25) is 0 Å². The van der Waals surface area contributed by atoms with Crippen molar-refractivity contribution in [1.29, 1.82) is 0 Å². The van der Waals surface area contributed by atoms with Gasteiger partial charge in [0.25, 0.3) is 0 Å². The molecule has 0 aliphatic carbocycles. The first kappa shape index (κ1) is 10.1. The van der Waals surface area contributed by atoms with Crippen molar-refractivity contribution >= 4 is 13.3 Å². The van der Waals surface area contributed by atoms with Gasteiger partial charge in [0, 0.05) is 11.6 Å². The predicted octanol–water partition coefficient (Wildman–Crippen LogP) is 0.112. The molecule has 0 fully saturated rings. The van der Waals surface area contributed by atoms with E-state index in [0.29, 0.717) is 11.0 Å². The van der Waals surface area contributed by atoms with Gasteiger partial charge in [0.15, 0.2) is 11.6 Å². The summed E-state index contributed by atoms with van der Waals surface area (Å²) in [5.41, 5.74) is 6.93. The van der Waals surface area contributed by atoms with Gasteiger partial charge >= 0.3 is 0 Å². The summed E-state index contributed by atoms with van der Waals surface area (Å²) < 4.78 is 18.4. The fourth-order valence-electron chi connectivity index (χ4n) is 1.24. The lowest BCUT2D eigenvalue weighted by molar-refractivity contribution is 0.380. The van der Waals surface area contributed by atoms with Crippen molar-refractivity contribution in [2.45, 2.75) is 13.0 Å². The van der Waals surface area contributed by atoms with Crippen LogP contribution in [-0.2, 0) is 0 Å². The maximum atomic E-state index is 13.4. The molecule has 0 aliphatic heterocycles. The Morgan fingerprint density at radius 3 is 2.62 bits per heavy atom. The summed E-state index contributed by atoms with van der Waals surface area (Å²) >= 11 is 0. The first-order valence-electron chi connectivity index (χ1n) is 4.16. The van der Waals surface area contributed by atoms with E-state index in [0.717, 1.165) is 0 Å². The Balaban J connectivity index is 3.30. The van der Waals surface area contributed by atoms with Crippen LogP contribution < -0.4 is 15.9 Å². The topological polar surface area (TPSA) is 35.2 Å². The first-order chi connectivity index (χ1) is 6.07. The molecule has 2 nitrogen and oxygen atoms in total. The van der Waals surface area contributed by atoms with Crippen molar-refractivity contribution in [3.8, 4) is 5.75 Å². The Bertz CT molecular complexity index is 315. The Morgan fingerprint density at radius 2 is 2.15 bits per heavy atom. The van der Waals surface area contributed by atoms with Crippen molar-refractivity contribution in [1.82, 2.24) is 0 Å². The molecule has 1 rings (SSSR count). The van der Waals surface area contributed by atoms with Crippen LogP contribution >= 0.6 is 0 Å². The Kier molecular flexibility index (Phi) is 2.93. The van der Waals surface area contributed by atoms with E-state index in [-0.39, 0.29) is 17.6 Å². The van der Waals surface area contributed by atoms with Crippen LogP contribution in [0.25, 0.3) is 0 Å². The van der Waals surface area contributed by atoms with E-state index in [1.54, 1.807) is 26.9 Å². The highest BCUT2D eigenvalue weighted by Gasteiger charge is 2.13. The molecule has 1 aromatic rings. The molecule has 1 aromatic carbocycles. The minimum atomic E-state index is -0.322. The molecule has 2 N–H and O–H groups in total. The second-order valence-electron chi connectivity index (χ2n) is 3.11. The van der Waals surface area contributed by atoms with Gasteiger partial charge in [0.2, 0.25) is 0 Å². The summed E-state index contributed by atoms with van der Waals surface area (Å²) in [5.74, 6) is -0.0627. The van der Waals surface area contributed by atoms with Crippen LogP contribution in [0.4, 0.5) is 4.39 Å². The van der Waals surface area contributed by atoms with E-state index in [9.17, 15) is 4.39 Å². The molecule has 0 saturated carbocycles. The number of methoxy groups -OCH3 is 1. The summed E-state index contributed by atoms with van der Waals surface area (Å²) in [4.78, 5) is 0. The van der Waals surface area contributed by atoms with Crippen molar-refractivity contribution in [2.75, 3.05) is 7.11 Å². The lowest BCUT2D eigenvalue weighted by atomic mass is 9.92. The average Bonchev–Trinajstić information content (AvgIpc) is 2.09. The molecular formula is C9H13BFNO. The molecular weight excluding hydrogens is 168 g/mol. The second-order valence-corrected chi connectivity index (χ2v) is 3.11. The van der Waals surface area contributed by atoms with Gasteiger partial charge in [-0.3, -0.25) is 0 Å². The van der Waals surface area contributed by atoms with Crippen LogP contribution in [0.5, 0.6) is 5.75 Å². The quantitative estimate of drug-likeness (QED) is 0.657. The third-order valence-electron chi connectivity index (χ3n) is 2.02. The van der Waals surface area contributed by atoms with Gasteiger partial charge < -0.3 is 10.5 Å². The summed E-state index contributed by atoms with van der Waals surface area (Å²) in [7, 11) is 3.15. The molecule has 0 saturated heterocycles. The van der Waals surface area contributed by atoms with Gasteiger partial charge in [-0.2, -0.15) is 0 Å². The SMILES string of the molecule is Bc1ccc(C(C)N)c(OC)c1F. The zero-order valence-electron chi connectivity index (χ0n) is 8.10. The van der Waals surface area contributed by atoms with Gasteiger partial charge in [-0.15, -0.1) is 0 Å². The maximum Gasteiger partial charge on any atom is 0.159 e. The first-order valence-corrected chi connectivity index (χ1v) is 4.16. The number of hydrogen-bond donors (Lipinski definition) is 1. The van der Waals surface area contributed by atoms with Crippen LogP contribution in [0, 0.1) is 5.82 Å². The molecule has 0 aliphatic rings. The van der Waals surface area contributed by atoms with Crippen LogP contribution in [0.1, 0.15) is 18.5 Å². The molecule has 13 heavy (non-hydrogen) atoms. The number of nitrogens with two attached hydrogens (primary N) is 1. The minimum absolute atomic E-state index is 0.218. The fourth-order valence-corrected chi connectivity index (χ4v) is 1.24. The summed E-state index contributed by atoms with van der Waals surface area (Å²) in [6.07, 6.45) is 0. The van der Waals surface area contributed by atoms with E-state index < -0.39 is 0 Å². The zero-order chi connectivity index (χ0) is 10.0. The van der Waals surface area contributed by atoms with E-state index in [1.807, 2.05) is 0 Å². The van der Waals surface area contributed by atoms with Gasteiger partial charge in [-0.1, -0.05) is 17.6 Å². The number of rotatable bonds is 2. The molecule has 0 amide bonds. The smallest absolute Gasteiger partial charge is 0.159 e. The van der Waals surface area contributed by atoms with Crippen LogP contribution in [0.3, 0.4) is 0 Å². The van der Waals surface area contributed by atoms with Gasteiger partial charge in [-0.05, 0) is 6.92 Å². The molecule has 0 bridgehead atoms.